The van der Waals surface area contributed by atoms with Crippen LogP contribution in [0.15, 0.2) is 6.33 Å². The minimum absolute atomic E-state index is 0.0801. The van der Waals surface area contributed by atoms with Crippen LogP contribution in [0.5, 0.6) is 0 Å². The van der Waals surface area contributed by atoms with Crippen molar-refractivity contribution in [2.75, 3.05) is 0 Å². The summed E-state index contributed by atoms with van der Waals surface area (Å²) < 4.78 is 3.25. The normalized spacial score (nSPS) is 13.8. The van der Waals surface area contributed by atoms with Crippen LogP contribution >= 0.6 is 0 Å². The number of rotatable bonds is 3. The quantitative estimate of drug-likeness (QED) is 0.449. The van der Waals surface area contributed by atoms with Crippen LogP contribution < -0.4 is 4.57 Å². The molecule has 16 heavy (non-hydrogen) atoms. The lowest BCUT2D eigenvalue weighted by atomic mass is 10.1. The zero-order chi connectivity index (χ0) is 12.5. The lowest BCUT2D eigenvalue weighted by Gasteiger charge is -2.07. The number of aromatic nitrogens is 3. The molecule has 0 bridgehead atoms. The summed E-state index contributed by atoms with van der Waals surface area (Å²) in [5.74, 6) is -0.0933. The molecule has 1 aromatic heterocycles. The van der Waals surface area contributed by atoms with Crippen molar-refractivity contribution in [2.24, 2.45) is 0 Å². The van der Waals surface area contributed by atoms with Gasteiger partial charge in [0.05, 0.1) is 0 Å². The Labute approximate surface area is 95.0 Å². The first-order valence-corrected chi connectivity index (χ1v) is 5.43. The van der Waals surface area contributed by atoms with Gasteiger partial charge in [0, 0.05) is 4.92 Å². The molecule has 90 valence electrons. The smallest absolute Gasteiger partial charge is 0.355 e. The highest BCUT2D eigenvalue weighted by molar-refractivity contribution is 4.89. The van der Waals surface area contributed by atoms with E-state index in [4.69, 9.17) is 0 Å². The van der Waals surface area contributed by atoms with Gasteiger partial charge in [0.15, 0.2) is 5.10 Å². The lowest BCUT2D eigenvalue weighted by molar-refractivity contribution is -0.755. The van der Waals surface area contributed by atoms with E-state index >= 15 is 0 Å². The third kappa shape index (κ3) is 2.37. The summed E-state index contributed by atoms with van der Waals surface area (Å²) in [5, 5.41) is 14.9. The van der Waals surface area contributed by atoms with Crippen molar-refractivity contribution in [1.29, 1.82) is 0 Å². The molecular formula is C10H19N4O2+. The molecule has 1 aromatic rings. The number of hydrogen-bond donors (Lipinski definition) is 0. The maximum absolute atomic E-state index is 10.9. The maximum atomic E-state index is 10.9. The topological polar surface area (TPSA) is 64.8 Å². The zero-order valence-electron chi connectivity index (χ0n) is 10.5. The fourth-order valence-corrected chi connectivity index (χ4v) is 1.30. The summed E-state index contributed by atoms with van der Waals surface area (Å²) in [6, 6.07) is 0.0801. The van der Waals surface area contributed by atoms with Crippen LogP contribution in [-0.4, -0.2) is 14.7 Å². The molecule has 0 aliphatic heterocycles. The van der Waals surface area contributed by atoms with Crippen molar-refractivity contribution in [2.45, 2.75) is 52.6 Å². The van der Waals surface area contributed by atoms with Gasteiger partial charge in [0.25, 0.3) is 6.33 Å². The summed E-state index contributed by atoms with van der Waals surface area (Å²) >= 11 is 0. The van der Waals surface area contributed by atoms with E-state index in [0.717, 1.165) is 6.42 Å². The van der Waals surface area contributed by atoms with Gasteiger partial charge in [-0.1, -0.05) is 6.92 Å². The molecule has 0 fully saturated rings. The molecular weight excluding hydrogens is 208 g/mol. The fourth-order valence-electron chi connectivity index (χ4n) is 1.30. The van der Waals surface area contributed by atoms with Gasteiger partial charge in [-0.2, -0.15) is 0 Å². The standard InChI is InChI=1S/C10H19N4O2/c1-6-8(2)12-7-13(10(3,4)5)11-9(12)14(15)16/h7-8H,6H2,1-5H3/q+1. The number of hydrogen-bond acceptors (Lipinski definition) is 3. The van der Waals surface area contributed by atoms with Crippen LogP contribution in [0, 0.1) is 10.1 Å². The van der Waals surface area contributed by atoms with Gasteiger partial charge in [-0.3, -0.25) is 0 Å². The predicted octanol–water partition coefficient (Wildman–Crippen LogP) is 1.80. The molecule has 0 radical (unpaired) electrons. The SMILES string of the molecule is CCC(C)[n+]1cn(C(C)(C)C)nc1[N+](=O)[O-]. The Hall–Kier alpha value is -1.46. The Morgan fingerprint density at radius 1 is 1.62 bits per heavy atom. The Morgan fingerprint density at radius 2 is 2.19 bits per heavy atom. The Kier molecular flexibility index (Phi) is 3.30. The Balaban J connectivity index is 3.26. The molecule has 0 aliphatic carbocycles. The second-order valence-electron chi connectivity index (χ2n) is 4.95. The van der Waals surface area contributed by atoms with Crippen LogP contribution in [0.4, 0.5) is 5.95 Å². The molecule has 0 N–H and O–H groups in total. The van der Waals surface area contributed by atoms with Crippen molar-refractivity contribution < 1.29 is 9.49 Å². The second kappa shape index (κ2) is 4.19. The molecule has 0 aliphatic rings. The fraction of sp³-hybridized carbons (Fsp3) is 0.800. The highest BCUT2D eigenvalue weighted by Crippen LogP contribution is 2.15. The molecule has 0 aromatic carbocycles. The number of nitrogens with zero attached hydrogens (tertiary/aromatic N) is 4. The molecule has 6 nitrogen and oxygen atoms in total. The second-order valence-corrected chi connectivity index (χ2v) is 4.95. The van der Waals surface area contributed by atoms with Gasteiger partial charge in [-0.15, -0.1) is 4.57 Å². The molecule has 0 amide bonds. The monoisotopic (exact) mass is 227 g/mol. The van der Waals surface area contributed by atoms with E-state index in [9.17, 15) is 10.1 Å². The van der Waals surface area contributed by atoms with Crippen molar-refractivity contribution in [3.63, 3.8) is 0 Å². The largest absolute Gasteiger partial charge is 0.577 e. The highest BCUT2D eigenvalue weighted by Gasteiger charge is 2.35. The van der Waals surface area contributed by atoms with Crippen LogP contribution in [-0.2, 0) is 5.54 Å². The van der Waals surface area contributed by atoms with E-state index in [1.165, 1.54) is 0 Å². The maximum Gasteiger partial charge on any atom is 0.577 e. The van der Waals surface area contributed by atoms with Gasteiger partial charge in [0.2, 0.25) is 0 Å². The van der Waals surface area contributed by atoms with Crippen LogP contribution in [0.25, 0.3) is 0 Å². The number of nitro groups is 1. The van der Waals surface area contributed by atoms with E-state index in [1.54, 1.807) is 15.6 Å². The van der Waals surface area contributed by atoms with Crippen molar-refractivity contribution >= 4 is 5.95 Å². The minimum Gasteiger partial charge on any atom is -0.355 e. The van der Waals surface area contributed by atoms with Crippen LogP contribution in [0.3, 0.4) is 0 Å². The van der Waals surface area contributed by atoms with Crippen molar-refractivity contribution in [3.05, 3.63) is 16.4 Å². The van der Waals surface area contributed by atoms with E-state index in [0.29, 0.717) is 0 Å². The van der Waals surface area contributed by atoms with E-state index in [-0.39, 0.29) is 17.5 Å². The summed E-state index contributed by atoms with van der Waals surface area (Å²) in [7, 11) is 0. The van der Waals surface area contributed by atoms with Gasteiger partial charge in [0.1, 0.15) is 11.6 Å². The average molecular weight is 227 g/mol. The Bertz CT molecular complexity index is 392. The van der Waals surface area contributed by atoms with Crippen LogP contribution in [0.1, 0.15) is 47.1 Å². The summed E-state index contributed by atoms with van der Waals surface area (Å²) in [6.45, 7) is 9.83. The van der Waals surface area contributed by atoms with Gasteiger partial charge in [-0.05, 0) is 38.8 Å². The molecule has 0 spiro atoms. The van der Waals surface area contributed by atoms with Crippen LogP contribution in [0.2, 0.25) is 0 Å². The Morgan fingerprint density at radius 3 is 2.56 bits per heavy atom. The molecule has 6 heteroatoms. The van der Waals surface area contributed by atoms with Gasteiger partial charge < -0.3 is 10.1 Å². The highest BCUT2D eigenvalue weighted by atomic mass is 16.6. The first-order chi connectivity index (χ1) is 7.27. The summed E-state index contributed by atoms with van der Waals surface area (Å²) in [4.78, 5) is 10.5. The molecule has 1 heterocycles. The summed E-state index contributed by atoms with van der Waals surface area (Å²) in [5.41, 5.74) is -0.247. The molecule has 1 rings (SSSR count). The predicted molar refractivity (Wildman–Crippen MR) is 59.1 cm³/mol. The summed E-state index contributed by atoms with van der Waals surface area (Å²) in [6.07, 6.45) is 2.55. The van der Waals surface area contributed by atoms with Gasteiger partial charge in [-0.25, -0.2) is 0 Å². The molecule has 0 saturated carbocycles. The first kappa shape index (κ1) is 12.6. The van der Waals surface area contributed by atoms with E-state index < -0.39 is 4.92 Å². The zero-order valence-corrected chi connectivity index (χ0v) is 10.5. The molecule has 1 atom stereocenters. The minimum atomic E-state index is -0.436. The molecule has 1 unspecified atom stereocenters. The van der Waals surface area contributed by atoms with Crippen molar-refractivity contribution in [3.8, 4) is 0 Å². The third-order valence-electron chi connectivity index (χ3n) is 2.58. The van der Waals surface area contributed by atoms with E-state index in [2.05, 4.69) is 5.10 Å². The van der Waals surface area contributed by atoms with E-state index in [1.807, 2.05) is 34.6 Å². The average Bonchev–Trinajstić information content (AvgIpc) is 2.60. The third-order valence-corrected chi connectivity index (χ3v) is 2.58. The molecule has 0 saturated heterocycles. The van der Waals surface area contributed by atoms with Gasteiger partial charge >= 0.3 is 5.95 Å². The van der Waals surface area contributed by atoms with Crippen molar-refractivity contribution in [1.82, 2.24) is 9.78 Å². The lowest BCUT2D eigenvalue weighted by Crippen LogP contribution is -2.38. The first-order valence-electron chi connectivity index (χ1n) is 5.43.